The van der Waals surface area contributed by atoms with Crippen molar-refractivity contribution in [3.8, 4) is 0 Å². The van der Waals surface area contributed by atoms with Crippen LogP contribution in [-0.4, -0.2) is 53.6 Å². The summed E-state index contributed by atoms with van der Waals surface area (Å²) in [4.78, 5) is 53.7. The van der Waals surface area contributed by atoms with Gasteiger partial charge in [0.15, 0.2) is 5.78 Å². The summed E-state index contributed by atoms with van der Waals surface area (Å²) < 4.78 is 5.06. The van der Waals surface area contributed by atoms with E-state index in [2.05, 4.69) is 5.32 Å². The molecule has 0 spiro atoms. The van der Waals surface area contributed by atoms with Gasteiger partial charge in [-0.1, -0.05) is 72.8 Å². The van der Waals surface area contributed by atoms with E-state index in [1.165, 1.54) is 7.05 Å². The third kappa shape index (κ3) is 7.65. The smallest absolute Gasteiger partial charge is 0.408 e. The lowest BCUT2D eigenvalue weighted by Gasteiger charge is -2.20. The molecule has 0 aromatic heterocycles. The number of likely N-dealkylation sites (N-methyl/N-ethyl adjacent to an activating group) is 1. The number of hydroxylamine groups is 2. The highest BCUT2D eigenvalue weighted by molar-refractivity contribution is 5.92. The van der Waals surface area contributed by atoms with Crippen LogP contribution in [0.1, 0.15) is 17.5 Å². The standard InChI is InChI=1S/C26H26N2O7/c1-28(24(30)14-20-12-7-11-19-10-5-6-13-21(19)20)35-17-23(29)22(15-25(31)32)27-26(33)34-16-18-8-3-2-4-9-18/h2-13,22H,14-17H2,1H3,(H,27,33)(H,31,32). The number of nitrogens with one attached hydrogen (secondary N) is 1. The number of ketones is 1. The van der Waals surface area contributed by atoms with Gasteiger partial charge in [0.25, 0.3) is 0 Å². The van der Waals surface area contributed by atoms with Crippen LogP contribution >= 0.6 is 0 Å². The SMILES string of the molecule is CN(OCC(=O)C(CC(=O)O)NC(=O)OCc1ccccc1)C(=O)Cc1cccc2ccccc12. The van der Waals surface area contributed by atoms with Gasteiger partial charge in [-0.3, -0.25) is 19.2 Å². The number of nitrogens with zero attached hydrogens (tertiary/aromatic N) is 1. The highest BCUT2D eigenvalue weighted by Gasteiger charge is 2.25. The van der Waals surface area contributed by atoms with Crippen LogP contribution in [0.3, 0.4) is 0 Å². The highest BCUT2D eigenvalue weighted by atomic mass is 16.7. The molecular formula is C26H26N2O7. The van der Waals surface area contributed by atoms with Crippen molar-refractivity contribution in [2.24, 2.45) is 0 Å². The van der Waals surface area contributed by atoms with E-state index in [9.17, 15) is 19.2 Å². The molecule has 1 atom stereocenters. The molecule has 0 saturated carbocycles. The van der Waals surface area contributed by atoms with Crippen molar-refractivity contribution < 1.29 is 33.9 Å². The largest absolute Gasteiger partial charge is 0.481 e. The molecule has 3 aromatic carbocycles. The molecule has 9 nitrogen and oxygen atoms in total. The van der Waals surface area contributed by atoms with Gasteiger partial charge in [-0.25, -0.2) is 9.86 Å². The number of carbonyl (C=O) groups excluding carboxylic acids is 3. The number of aliphatic carboxylic acids is 1. The van der Waals surface area contributed by atoms with E-state index in [1.807, 2.05) is 48.5 Å². The van der Waals surface area contributed by atoms with E-state index in [0.29, 0.717) is 0 Å². The van der Waals surface area contributed by atoms with Crippen molar-refractivity contribution in [2.45, 2.75) is 25.5 Å². The summed E-state index contributed by atoms with van der Waals surface area (Å²) in [5.41, 5.74) is 1.54. The minimum atomic E-state index is -1.38. The fourth-order valence-electron chi connectivity index (χ4n) is 3.38. The molecule has 0 aliphatic rings. The molecule has 0 saturated heterocycles. The summed E-state index contributed by atoms with van der Waals surface area (Å²) in [6.07, 6.45) is -1.54. The number of hydrogen-bond acceptors (Lipinski definition) is 6. The Morgan fingerprint density at radius 3 is 2.37 bits per heavy atom. The molecule has 182 valence electrons. The predicted octanol–water partition coefficient (Wildman–Crippen LogP) is 3.11. The molecule has 3 rings (SSSR count). The number of hydrogen-bond donors (Lipinski definition) is 2. The fourth-order valence-corrected chi connectivity index (χ4v) is 3.38. The van der Waals surface area contributed by atoms with Gasteiger partial charge in [-0.2, -0.15) is 0 Å². The number of Topliss-reactive ketones (excluding diaryl/α,β-unsaturated/α-hetero) is 1. The lowest BCUT2D eigenvalue weighted by Crippen LogP contribution is -2.45. The molecule has 1 unspecified atom stereocenters. The Balaban J connectivity index is 1.53. The number of fused-ring (bicyclic) bond motifs is 1. The Morgan fingerprint density at radius 2 is 1.63 bits per heavy atom. The third-order valence-electron chi connectivity index (χ3n) is 5.25. The van der Waals surface area contributed by atoms with E-state index < -0.39 is 36.9 Å². The van der Waals surface area contributed by atoms with E-state index in [4.69, 9.17) is 14.7 Å². The van der Waals surface area contributed by atoms with Crippen molar-refractivity contribution >= 4 is 34.5 Å². The predicted molar refractivity (Wildman–Crippen MR) is 127 cm³/mol. The molecule has 0 fully saturated rings. The van der Waals surface area contributed by atoms with Gasteiger partial charge in [0.1, 0.15) is 19.3 Å². The average Bonchev–Trinajstić information content (AvgIpc) is 2.86. The van der Waals surface area contributed by atoms with Gasteiger partial charge in [-0.05, 0) is 21.9 Å². The number of amides is 2. The van der Waals surface area contributed by atoms with Gasteiger partial charge >= 0.3 is 12.1 Å². The number of alkyl carbamates (subject to hydrolysis) is 1. The van der Waals surface area contributed by atoms with E-state index >= 15 is 0 Å². The zero-order valence-electron chi connectivity index (χ0n) is 19.2. The monoisotopic (exact) mass is 478 g/mol. The van der Waals surface area contributed by atoms with Gasteiger partial charge in [-0.15, -0.1) is 0 Å². The highest BCUT2D eigenvalue weighted by Crippen LogP contribution is 2.19. The number of carboxylic acids is 1. The molecule has 3 aromatic rings. The summed E-state index contributed by atoms with van der Waals surface area (Å²) >= 11 is 0. The quantitative estimate of drug-likeness (QED) is 0.406. The van der Waals surface area contributed by atoms with Crippen LogP contribution < -0.4 is 5.32 Å². The van der Waals surface area contributed by atoms with Gasteiger partial charge in [0.2, 0.25) is 5.91 Å². The second kappa shape index (κ2) is 12.3. The first-order valence-corrected chi connectivity index (χ1v) is 10.9. The van der Waals surface area contributed by atoms with Crippen LogP contribution in [-0.2, 0) is 37.0 Å². The third-order valence-corrected chi connectivity index (χ3v) is 5.25. The van der Waals surface area contributed by atoms with E-state index in [1.54, 1.807) is 24.3 Å². The summed E-state index contributed by atoms with van der Waals surface area (Å²) in [6, 6.07) is 20.8. The fraction of sp³-hybridized carbons (Fsp3) is 0.231. The zero-order valence-corrected chi connectivity index (χ0v) is 19.2. The van der Waals surface area contributed by atoms with Crippen molar-refractivity contribution in [3.05, 3.63) is 83.9 Å². The molecule has 0 aliphatic carbocycles. The summed E-state index contributed by atoms with van der Waals surface area (Å²) in [6.45, 7) is -0.642. The van der Waals surface area contributed by atoms with Crippen LogP contribution in [0.25, 0.3) is 10.8 Å². The van der Waals surface area contributed by atoms with Crippen molar-refractivity contribution in [2.75, 3.05) is 13.7 Å². The number of carbonyl (C=O) groups is 4. The van der Waals surface area contributed by atoms with Crippen LogP contribution in [0.4, 0.5) is 4.79 Å². The van der Waals surface area contributed by atoms with Gasteiger partial charge < -0.3 is 15.2 Å². The Bertz CT molecular complexity index is 1190. The number of ether oxygens (including phenoxy) is 1. The van der Waals surface area contributed by atoms with E-state index in [0.717, 1.165) is 27.0 Å². The van der Waals surface area contributed by atoms with Crippen molar-refractivity contribution in [1.29, 1.82) is 0 Å². The normalized spacial score (nSPS) is 11.5. The summed E-state index contributed by atoms with van der Waals surface area (Å²) in [7, 11) is 1.37. The second-order valence-electron chi connectivity index (χ2n) is 7.80. The molecule has 0 heterocycles. The summed E-state index contributed by atoms with van der Waals surface area (Å²) in [5.74, 6) is -2.39. The molecule has 2 amide bonds. The average molecular weight is 479 g/mol. The molecule has 0 bridgehead atoms. The Labute approximate surface area is 202 Å². The molecule has 35 heavy (non-hydrogen) atoms. The van der Waals surface area contributed by atoms with Crippen molar-refractivity contribution in [3.63, 3.8) is 0 Å². The number of rotatable bonds is 11. The van der Waals surface area contributed by atoms with Crippen LogP contribution in [0.15, 0.2) is 72.8 Å². The minimum Gasteiger partial charge on any atom is -0.481 e. The molecule has 0 aliphatic heterocycles. The molecular weight excluding hydrogens is 452 g/mol. The maximum Gasteiger partial charge on any atom is 0.408 e. The van der Waals surface area contributed by atoms with E-state index in [-0.39, 0.29) is 18.9 Å². The lowest BCUT2D eigenvalue weighted by molar-refractivity contribution is -0.180. The Kier molecular flexibility index (Phi) is 8.91. The first-order valence-electron chi connectivity index (χ1n) is 10.9. The Morgan fingerprint density at radius 1 is 0.943 bits per heavy atom. The second-order valence-corrected chi connectivity index (χ2v) is 7.80. The van der Waals surface area contributed by atoms with Crippen LogP contribution in [0.5, 0.6) is 0 Å². The number of benzene rings is 3. The molecule has 9 heteroatoms. The maximum atomic E-state index is 12.6. The number of carboxylic acid groups (broad SMARTS) is 1. The first-order chi connectivity index (χ1) is 16.8. The zero-order chi connectivity index (χ0) is 25.2. The maximum absolute atomic E-state index is 12.6. The first kappa shape index (κ1) is 25.4. The van der Waals surface area contributed by atoms with Crippen molar-refractivity contribution in [1.82, 2.24) is 10.4 Å². The summed E-state index contributed by atoms with van der Waals surface area (Å²) in [5, 5.41) is 14.2. The molecule has 2 N–H and O–H groups in total. The van der Waals surface area contributed by atoms with Crippen LogP contribution in [0.2, 0.25) is 0 Å². The lowest BCUT2D eigenvalue weighted by atomic mass is 10.0. The van der Waals surface area contributed by atoms with Crippen LogP contribution in [0, 0.1) is 0 Å². The Hall–Kier alpha value is -4.24. The van der Waals surface area contributed by atoms with Gasteiger partial charge in [0.05, 0.1) is 12.8 Å². The molecule has 0 radical (unpaired) electrons. The topological polar surface area (TPSA) is 122 Å². The van der Waals surface area contributed by atoms with Gasteiger partial charge in [0, 0.05) is 7.05 Å². The minimum absolute atomic E-state index is 0.0391.